The number of anilines is 1. The van der Waals surface area contributed by atoms with Crippen LogP contribution in [0.2, 0.25) is 0 Å². The molecule has 1 unspecified atom stereocenters. The molecule has 168 valence electrons. The quantitative estimate of drug-likeness (QED) is 0.523. The van der Waals surface area contributed by atoms with Crippen molar-refractivity contribution in [1.82, 2.24) is 9.88 Å². The van der Waals surface area contributed by atoms with Gasteiger partial charge >= 0.3 is 0 Å². The number of fused-ring (bicyclic) bond motifs is 1. The van der Waals surface area contributed by atoms with Gasteiger partial charge in [0.05, 0.1) is 13.0 Å². The maximum Gasteiger partial charge on any atom is 0.232 e. The number of benzene rings is 2. The molecule has 2 aromatic carbocycles. The molecule has 0 spiro atoms. The Bertz CT molecular complexity index is 1130. The molecule has 5 nitrogen and oxygen atoms in total. The third-order valence-corrected chi connectivity index (χ3v) is 6.56. The summed E-state index contributed by atoms with van der Waals surface area (Å²) in [7, 11) is 5.90. The fourth-order valence-corrected chi connectivity index (χ4v) is 4.80. The summed E-state index contributed by atoms with van der Waals surface area (Å²) in [5.74, 6) is 0.716. The summed E-state index contributed by atoms with van der Waals surface area (Å²) in [5, 5.41) is 3.10. The lowest BCUT2D eigenvalue weighted by atomic mass is 9.92. The van der Waals surface area contributed by atoms with E-state index in [-0.39, 0.29) is 11.8 Å². The van der Waals surface area contributed by atoms with Crippen LogP contribution in [-0.2, 0) is 17.6 Å². The SMILES string of the molecule is COc1ccccc1-c1ccc2c(c1)NC(=O)C2Cc1[nH]c(C)c(CCCN(C)C)c1C. The monoisotopic (exact) mass is 431 g/mol. The molecule has 1 atom stereocenters. The molecule has 0 bridgehead atoms. The van der Waals surface area contributed by atoms with Gasteiger partial charge < -0.3 is 19.9 Å². The number of nitrogens with zero attached hydrogens (tertiary/aromatic N) is 1. The van der Waals surface area contributed by atoms with Crippen LogP contribution in [-0.4, -0.2) is 43.5 Å². The van der Waals surface area contributed by atoms with Gasteiger partial charge in [0.15, 0.2) is 0 Å². The zero-order valence-electron chi connectivity index (χ0n) is 19.7. The van der Waals surface area contributed by atoms with Crippen LogP contribution in [0.15, 0.2) is 42.5 Å². The Morgan fingerprint density at radius 1 is 1.09 bits per heavy atom. The van der Waals surface area contributed by atoms with Crippen molar-refractivity contribution < 1.29 is 9.53 Å². The Balaban J connectivity index is 1.57. The van der Waals surface area contributed by atoms with Crippen LogP contribution in [0.5, 0.6) is 5.75 Å². The predicted molar refractivity (Wildman–Crippen MR) is 131 cm³/mol. The van der Waals surface area contributed by atoms with E-state index < -0.39 is 0 Å². The molecular weight excluding hydrogens is 398 g/mol. The minimum Gasteiger partial charge on any atom is -0.496 e. The first-order valence-electron chi connectivity index (χ1n) is 11.3. The predicted octanol–water partition coefficient (Wildman–Crippen LogP) is 5.08. The number of H-pyrrole nitrogens is 1. The highest BCUT2D eigenvalue weighted by molar-refractivity contribution is 6.03. The van der Waals surface area contributed by atoms with Gasteiger partial charge in [-0.2, -0.15) is 0 Å². The second-order valence-corrected chi connectivity index (χ2v) is 8.99. The maximum absolute atomic E-state index is 12.9. The number of rotatable bonds is 8. The lowest BCUT2D eigenvalue weighted by molar-refractivity contribution is -0.117. The highest BCUT2D eigenvalue weighted by Gasteiger charge is 2.32. The lowest BCUT2D eigenvalue weighted by Gasteiger charge is -2.12. The molecule has 1 amide bonds. The number of methoxy groups -OCH3 is 1. The van der Waals surface area contributed by atoms with Gasteiger partial charge in [0.2, 0.25) is 5.91 Å². The molecule has 3 aromatic rings. The van der Waals surface area contributed by atoms with E-state index in [9.17, 15) is 4.79 Å². The van der Waals surface area contributed by atoms with Gasteiger partial charge in [-0.3, -0.25) is 4.79 Å². The topological polar surface area (TPSA) is 57.4 Å². The first kappa shape index (κ1) is 22.2. The van der Waals surface area contributed by atoms with E-state index in [1.165, 1.54) is 22.5 Å². The number of carbonyl (C=O) groups is 1. The van der Waals surface area contributed by atoms with Crippen molar-refractivity contribution in [3.63, 3.8) is 0 Å². The number of aromatic nitrogens is 1. The van der Waals surface area contributed by atoms with E-state index in [4.69, 9.17) is 4.74 Å². The molecule has 0 aliphatic carbocycles. The average Bonchev–Trinajstić information content (AvgIpc) is 3.23. The van der Waals surface area contributed by atoms with E-state index in [1.807, 2.05) is 24.3 Å². The van der Waals surface area contributed by atoms with E-state index in [0.29, 0.717) is 6.42 Å². The van der Waals surface area contributed by atoms with E-state index in [0.717, 1.165) is 47.5 Å². The third kappa shape index (κ3) is 4.30. The van der Waals surface area contributed by atoms with Crippen molar-refractivity contribution in [3.05, 3.63) is 70.5 Å². The van der Waals surface area contributed by atoms with Gasteiger partial charge in [0.1, 0.15) is 5.75 Å². The van der Waals surface area contributed by atoms with Crippen LogP contribution in [0.1, 0.15) is 40.4 Å². The number of hydrogen-bond donors (Lipinski definition) is 2. The number of aryl methyl sites for hydroxylation is 1. The first-order chi connectivity index (χ1) is 15.4. The molecule has 4 rings (SSSR count). The number of nitrogens with one attached hydrogen (secondary N) is 2. The normalized spacial score (nSPS) is 15.2. The fraction of sp³-hybridized carbons (Fsp3) is 0.370. The van der Waals surface area contributed by atoms with Gasteiger partial charge in [-0.05, 0) is 81.7 Å². The zero-order valence-corrected chi connectivity index (χ0v) is 19.7. The van der Waals surface area contributed by atoms with Gasteiger partial charge in [-0.25, -0.2) is 0 Å². The number of aromatic amines is 1. The van der Waals surface area contributed by atoms with Crippen LogP contribution >= 0.6 is 0 Å². The number of amides is 1. The Hall–Kier alpha value is -3.05. The second kappa shape index (κ2) is 9.21. The maximum atomic E-state index is 12.9. The molecule has 0 saturated heterocycles. The molecular formula is C27H33N3O2. The Kier molecular flexibility index (Phi) is 6.38. The van der Waals surface area contributed by atoms with Crippen LogP contribution < -0.4 is 10.1 Å². The average molecular weight is 432 g/mol. The number of para-hydroxylation sites is 1. The summed E-state index contributed by atoms with van der Waals surface area (Å²) in [4.78, 5) is 18.7. The lowest BCUT2D eigenvalue weighted by Crippen LogP contribution is -2.15. The second-order valence-electron chi connectivity index (χ2n) is 8.99. The largest absolute Gasteiger partial charge is 0.496 e. The van der Waals surface area contributed by atoms with E-state index >= 15 is 0 Å². The molecule has 1 aliphatic heterocycles. The van der Waals surface area contributed by atoms with Crippen LogP contribution in [0.4, 0.5) is 5.69 Å². The molecule has 32 heavy (non-hydrogen) atoms. The smallest absolute Gasteiger partial charge is 0.232 e. The number of carbonyl (C=O) groups excluding carboxylic acids is 1. The van der Waals surface area contributed by atoms with Crippen LogP contribution in [0, 0.1) is 13.8 Å². The molecule has 0 saturated carbocycles. The first-order valence-corrected chi connectivity index (χ1v) is 11.3. The molecule has 1 aliphatic rings. The molecule has 0 fully saturated rings. The van der Waals surface area contributed by atoms with E-state index in [1.54, 1.807) is 7.11 Å². The Labute approximate surface area is 190 Å². The fourth-order valence-electron chi connectivity index (χ4n) is 4.80. The molecule has 2 heterocycles. The summed E-state index contributed by atoms with van der Waals surface area (Å²) in [5.41, 5.74) is 9.11. The van der Waals surface area contributed by atoms with Crippen LogP contribution in [0.3, 0.4) is 0 Å². The van der Waals surface area contributed by atoms with Gasteiger partial charge in [0, 0.05) is 29.1 Å². The third-order valence-electron chi connectivity index (χ3n) is 6.56. The van der Waals surface area contributed by atoms with Crippen molar-refractivity contribution in [2.75, 3.05) is 33.1 Å². The Morgan fingerprint density at radius 3 is 2.62 bits per heavy atom. The number of hydrogen-bond acceptors (Lipinski definition) is 3. The molecule has 5 heteroatoms. The molecule has 1 aromatic heterocycles. The van der Waals surface area contributed by atoms with Crippen molar-refractivity contribution in [2.45, 2.75) is 39.0 Å². The standard InChI is InChI=1S/C27H33N3O2/c1-17-20(10-8-14-30(3)4)18(2)28-24(17)16-23-22-13-12-19(15-25(22)29-27(23)31)21-9-6-7-11-26(21)32-5/h6-7,9,11-13,15,23,28H,8,10,14,16H2,1-5H3,(H,29,31). The van der Waals surface area contributed by atoms with Gasteiger partial charge in [-0.1, -0.05) is 30.3 Å². The minimum absolute atomic E-state index is 0.0676. The molecule has 0 radical (unpaired) electrons. The minimum atomic E-state index is -0.178. The Morgan fingerprint density at radius 2 is 1.88 bits per heavy atom. The van der Waals surface area contributed by atoms with E-state index in [2.05, 4.69) is 61.3 Å². The summed E-state index contributed by atoms with van der Waals surface area (Å²) < 4.78 is 5.51. The summed E-state index contributed by atoms with van der Waals surface area (Å²) in [6, 6.07) is 14.2. The van der Waals surface area contributed by atoms with Crippen molar-refractivity contribution in [3.8, 4) is 16.9 Å². The summed E-state index contributed by atoms with van der Waals surface area (Å²) in [6.07, 6.45) is 2.87. The highest BCUT2D eigenvalue weighted by atomic mass is 16.5. The molecule has 2 N–H and O–H groups in total. The van der Waals surface area contributed by atoms with Crippen LogP contribution in [0.25, 0.3) is 11.1 Å². The van der Waals surface area contributed by atoms with Gasteiger partial charge in [-0.15, -0.1) is 0 Å². The van der Waals surface area contributed by atoms with Crippen molar-refractivity contribution in [2.24, 2.45) is 0 Å². The summed E-state index contributed by atoms with van der Waals surface area (Å²) in [6.45, 7) is 5.40. The highest BCUT2D eigenvalue weighted by Crippen LogP contribution is 2.40. The summed E-state index contributed by atoms with van der Waals surface area (Å²) >= 11 is 0. The number of ether oxygens (including phenoxy) is 1. The zero-order chi connectivity index (χ0) is 22.8. The van der Waals surface area contributed by atoms with Crippen molar-refractivity contribution in [1.29, 1.82) is 0 Å². The van der Waals surface area contributed by atoms with Gasteiger partial charge in [0.25, 0.3) is 0 Å². The van der Waals surface area contributed by atoms with Crippen molar-refractivity contribution >= 4 is 11.6 Å².